The van der Waals surface area contributed by atoms with Crippen LogP contribution in [0.3, 0.4) is 0 Å². The molecule has 1 fully saturated rings. The van der Waals surface area contributed by atoms with E-state index in [0.29, 0.717) is 0 Å². The molecule has 0 spiro atoms. The maximum Gasteiger partial charge on any atom is 0.122 e. The van der Waals surface area contributed by atoms with E-state index >= 15 is 0 Å². The second-order valence-corrected chi connectivity index (χ2v) is 4.37. The van der Waals surface area contributed by atoms with Gasteiger partial charge in [0.25, 0.3) is 0 Å². The van der Waals surface area contributed by atoms with E-state index in [1.807, 2.05) is 12.1 Å². The van der Waals surface area contributed by atoms with E-state index in [4.69, 9.17) is 9.47 Å². The van der Waals surface area contributed by atoms with Crippen molar-refractivity contribution in [1.82, 2.24) is 4.90 Å². The maximum atomic E-state index is 5.35. The van der Waals surface area contributed by atoms with Crippen LogP contribution in [-0.2, 0) is 11.2 Å². The Balaban J connectivity index is 1.77. The van der Waals surface area contributed by atoms with E-state index in [2.05, 4.69) is 17.0 Å². The SMILES string of the molecule is COc1ccccc1CCCN1CCOCC1. The zero-order valence-electron chi connectivity index (χ0n) is 10.5. The third kappa shape index (κ3) is 3.72. The molecule has 1 saturated heterocycles. The molecule has 0 amide bonds. The lowest BCUT2D eigenvalue weighted by atomic mass is 10.1. The Morgan fingerprint density at radius 3 is 2.76 bits per heavy atom. The zero-order valence-corrected chi connectivity index (χ0v) is 10.5. The molecule has 0 atom stereocenters. The second kappa shape index (κ2) is 6.62. The minimum Gasteiger partial charge on any atom is -0.496 e. The first-order chi connectivity index (χ1) is 8.40. The number of aryl methyl sites for hydroxylation is 1. The van der Waals surface area contributed by atoms with Gasteiger partial charge in [0, 0.05) is 13.1 Å². The van der Waals surface area contributed by atoms with Crippen molar-refractivity contribution in [3.8, 4) is 5.75 Å². The molecule has 2 rings (SSSR count). The molecule has 0 aromatic heterocycles. The molecule has 1 aromatic carbocycles. The summed E-state index contributed by atoms with van der Waals surface area (Å²) in [6.45, 7) is 5.07. The molecular weight excluding hydrogens is 214 g/mol. The Labute approximate surface area is 103 Å². The van der Waals surface area contributed by atoms with Crippen molar-refractivity contribution in [2.45, 2.75) is 12.8 Å². The monoisotopic (exact) mass is 235 g/mol. The van der Waals surface area contributed by atoms with Crippen molar-refractivity contribution in [3.63, 3.8) is 0 Å². The third-order valence-corrected chi connectivity index (χ3v) is 3.22. The second-order valence-electron chi connectivity index (χ2n) is 4.37. The fraction of sp³-hybridized carbons (Fsp3) is 0.571. The van der Waals surface area contributed by atoms with Crippen molar-refractivity contribution in [2.24, 2.45) is 0 Å². The Bertz CT molecular complexity index is 335. The molecule has 1 aliphatic rings. The van der Waals surface area contributed by atoms with Crippen molar-refractivity contribution in [3.05, 3.63) is 29.8 Å². The summed E-state index contributed by atoms with van der Waals surface area (Å²) < 4.78 is 10.7. The van der Waals surface area contributed by atoms with Crippen LogP contribution in [0.4, 0.5) is 0 Å². The Morgan fingerprint density at radius 1 is 1.24 bits per heavy atom. The van der Waals surface area contributed by atoms with Gasteiger partial charge in [-0.25, -0.2) is 0 Å². The van der Waals surface area contributed by atoms with Gasteiger partial charge in [0.15, 0.2) is 0 Å². The highest BCUT2D eigenvalue weighted by molar-refractivity contribution is 5.33. The number of nitrogens with zero attached hydrogens (tertiary/aromatic N) is 1. The summed E-state index contributed by atoms with van der Waals surface area (Å²) in [6.07, 6.45) is 2.27. The molecule has 0 N–H and O–H groups in total. The lowest BCUT2D eigenvalue weighted by Gasteiger charge is -2.26. The molecule has 0 bridgehead atoms. The van der Waals surface area contributed by atoms with E-state index in [1.165, 1.54) is 12.0 Å². The first-order valence-electron chi connectivity index (χ1n) is 6.32. The highest BCUT2D eigenvalue weighted by atomic mass is 16.5. The van der Waals surface area contributed by atoms with E-state index in [0.717, 1.165) is 45.0 Å². The lowest BCUT2D eigenvalue weighted by Crippen LogP contribution is -2.36. The van der Waals surface area contributed by atoms with E-state index in [1.54, 1.807) is 7.11 Å². The van der Waals surface area contributed by atoms with Crippen LogP contribution in [0.1, 0.15) is 12.0 Å². The van der Waals surface area contributed by atoms with Gasteiger partial charge in [0.1, 0.15) is 5.75 Å². The zero-order chi connectivity index (χ0) is 11.9. The van der Waals surface area contributed by atoms with Crippen molar-refractivity contribution < 1.29 is 9.47 Å². The number of rotatable bonds is 5. The van der Waals surface area contributed by atoms with Gasteiger partial charge in [-0.1, -0.05) is 18.2 Å². The highest BCUT2D eigenvalue weighted by Crippen LogP contribution is 2.18. The van der Waals surface area contributed by atoms with Crippen LogP contribution in [-0.4, -0.2) is 44.9 Å². The normalized spacial score (nSPS) is 17.0. The number of benzene rings is 1. The smallest absolute Gasteiger partial charge is 0.122 e. The quantitative estimate of drug-likeness (QED) is 0.778. The van der Waals surface area contributed by atoms with E-state index in [-0.39, 0.29) is 0 Å². The molecule has 17 heavy (non-hydrogen) atoms. The predicted octanol–water partition coefficient (Wildman–Crippen LogP) is 1.96. The first kappa shape index (κ1) is 12.4. The van der Waals surface area contributed by atoms with Gasteiger partial charge in [0.2, 0.25) is 0 Å². The minimum absolute atomic E-state index is 0.884. The number of hydrogen-bond acceptors (Lipinski definition) is 3. The predicted molar refractivity (Wildman–Crippen MR) is 68.6 cm³/mol. The van der Waals surface area contributed by atoms with Crippen LogP contribution in [0.15, 0.2) is 24.3 Å². The molecule has 0 radical (unpaired) electrons. The average Bonchev–Trinajstić information content (AvgIpc) is 2.40. The molecule has 0 saturated carbocycles. The summed E-state index contributed by atoms with van der Waals surface area (Å²) in [5.74, 6) is 1.01. The number of morpholine rings is 1. The van der Waals surface area contributed by atoms with Gasteiger partial charge in [-0.2, -0.15) is 0 Å². The number of para-hydroxylation sites is 1. The Kier molecular flexibility index (Phi) is 4.83. The van der Waals surface area contributed by atoms with Crippen molar-refractivity contribution in [2.75, 3.05) is 40.0 Å². The maximum absolute atomic E-state index is 5.35. The summed E-state index contributed by atoms with van der Waals surface area (Å²) in [7, 11) is 1.74. The van der Waals surface area contributed by atoms with Crippen molar-refractivity contribution in [1.29, 1.82) is 0 Å². The summed E-state index contributed by atoms with van der Waals surface area (Å²) in [6, 6.07) is 8.28. The standard InChI is InChI=1S/C14H21NO2/c1-16-14-7-3-2-5-13(14)6-4-8-15-9-11-17-12-10-15/h2-3,5,7H,4,6,8-12H2,1H3. The van der Waals surface area contributed by atoms with E-state index < -0.39 is 0 Å². The number of ether oxygens (including phenoxy) is 2. The number of methoxy groups -OCH3 is 1. The molecule has 3 heteroatoms. The topological polar surface area (TPSA) is 21.7 Å². The fourth-order valence-corrected chi connectivity index (χ4v) is 2.23. The Hall–Kier alpha value is -1.06. The van der Waals surface area contributed by atoms with Gasteiger partial charge < -0.3 is 9.47 Å². The first-order valence-corrected chi connectivity index (χ1v) is 6.32. The Morgan fingerprint density at radius 2 is 2.00 bits per heavy atom. The van der Waals surface area contributed by atoms with Gasteiger partial charge >= 0.3 is 0 Å². The van der Waals surface area contributed by atoms with Crippen LogP contribution in [0.5, 0.6) is 5.75 Å². The van der Waals surface area contributed by atoms with Crippen LogP contribution >= 0.6 is 0 Å². The van der Waals surface area contributed by atoms with Crippen molar-refractivity contribution >= 4 is 0 Å². The molecule has 1 heterocycles. The fourth-order valence-electron chi connectivity index (χ4n) is 2.23. The van der Waals surface area contributed by atoms with Gasteiger partial charge in [-0.05, 0) is 31.0 Å². The van der Waals surface area contributed by atoms with Crippen LogP contribution < -0.4 is 4.74 Å². The molecule has 3 nitrogen and oxygen atoms in total. The molecular formula is C14H21NO2. The average molecular weight is 235 g/mol. The molecule has 94 valence electrons. The van der Waals surface area contributed by atoms with Gasteiger partial charge in [0.05, 0.1) is 20.3 Å². The van der Waals surface area contributed by atoms with Crippen LogP contribution in [0, 0.1) is 0 Å². The highest BCUT2D eigenvalue weighted by Gasteiger charge is 2.10. The third-order valence-electron chi connectivity index (χ3n) is 3.22. The summed E-state index contributed by atoms with van der Waals surface area (Å²) in [4.78, 5) is 2.47. The minimum atomic E-state index is 0.884. The van der Waals surface area contributed by atoms with Gasteiger partial charge in [-0.3, -0.25) is 4.90 Å². The molecule has 0 unspecified atom stereocenters. The van der Waals surface area contributed by atoms with Crippen LogP contribution in [0.25, 0.3) is 0 Å². The van der Waals surface area contributed by atoms with Gasteiger partial charge in [-0.15, -0.1) is 0 Å². The van der Waals surface area contributed by atoms with Crippen LogP contribution in [0.2, 0.25) is 0 Å². The lowest BCUT2D eigenvalue weighted by molar-refractivity contribution is 0.0374. The molecule has 0 aliphatic carbocycles. The summed E-state index contributed by atoms with van der Waals surface area (Å²) >= 11 is 0. The summed E-state index contributed by atoms with van der Waals surface area (Å²) in [5, 5.41) is 0. The molecule has 1 aliphatic heterocycles. The summed E-state index contributed by atoms with van der Waals surface area (Å²) in [5.41, 5.74) is 1.31. The largest absolute Gasteiger partial charge is 0.496 e. The number of hydrogen-bond donors (Lipinski definition) is 0. The molecule has 1 aromatic rings. The van der Waals surface area contributed by atoms with E-state index in [9.17, 15) is 0 Å².